The Hall–Kier alpha value is -2.26. The van der Waals surface area contributed by atoms with Crippen LogP contribution in [0.2, 0.25) is 0 Å². The van der Waals surface area contributed by atoms with Crippen molar-refractivity contribution in [1.29, 1.82) is 0 Å². The van der Waals surface area contributed by atoms with E-state index in [0.29, 0.717) is 13.0 Å². The first kappa shape index (κ1) is 17.6. The van der Waals surface area contributed by atoms with Crippen LogP contribution in [-0.2, 0) is 14.8 Å². The Morgan fingerprint density at radius 3 is 2.80 bits per heavy atom. The van der Waals surface area contributed by atoms with Crippen molar-refractivity contribution in [1.82, 2.24) is 14.1 Å². The fourth-order valence-corrected chi connectivity index (χ4v) is 4.10. The van der Waals surface area contributed by atoms with Crippen LogP contribution in [0.1, 0.15) is 19.3 Å². The van der Waals surface area contributed by atoms with E-state index in [1.807, 2.05) is 0 Å². The first-order chi connectivity index (χ1) is 11.9. The van der Waals surface area contributed by atoms with E-state index in [0.717, 1.165) is 19.1 Å². The average molecular weight is 366 g/mol. The summed E-state index contributed by atoms with van der Waals surface area (Å²) in [5, 5.41) is 6.58. The van der Waals surface area contributed by atoms with E-state index in [1.54, 1.807) is 18.3 Å². The second-order valence-electron chi connectivity index (χ2n) is 5.99. The number of rotatable bonds is 4. The maximum Gasteiger partial charge on any atom is 0.242 e. The van der Waals surface area contributed by atoms with Gasteiger partial charge in [-0.2, -0.15) is 9.40 Å². The molecule has 0 bridgehead atoms. The van der Waals surface area contributed by atoms with Crippen molar-refractivity contribution in [3.8, 4) is 5.69 Å². The summed E-state index contributed by atoms with van der Waals surface area (Å²) in [6.07, 6.45) is 6.20. The second kappa shape index (κ2) is 6.93. The number of sulfonamides is 1. The number of hydrogen-bond donors (Lipinski definition) is 1. The maximum absolute atomic E-state index is 14.3. The fraction of sp³-hybridized carbons (Fsp3) is 0.375. The molecular formula is C16H19FN4O3S. The molecule has 1 aromatic heterocycles. The van der Waals surface area contributed by atoms with E-state index in [2.05, 4.69) is 10.4 Å². The number of benzene rings is 1. The number of halogens is 1. The third-order valence-electron chi connectivity index (χ3n) is 4.15. The van der Waals surface area contributed by atoms with Gasteiger partial charge >= 0.3 is 0 Å². The molecule has 3 rings (SSSR count). The van der Waals surface area contributed by atoms with Crippen LogP contribution in [0.15, 0.2) is 36.7 Å². The van der Waals surface area contributed by atoms with Crippen LogP contribution >= 0.6 is 0 Å². The summed E-state index contributed by atoms with van der Waals surface area (Å²) >= 11 is 0. The van der Waals surface area contributed by atoms with E-state index in [9.17, 15) is 17.6 Å². The summed E-state index contributed by atoms with van der Waals surface area (Å²) in [4.78, 5) is 12.5. The molecule has 1 atom stereocenters. The van der Waals surface area contributed by atoms with Crippen LogP contribution in [0.3, 0.4) is 0 Å². The molecular weight excluding hydrogens is 347 g/mol. The highest BCUT2D eigenvalue weighted by molar-refractivity contribution is 7.88. The lowest BCUT2D eigenvalue weighted by Crippen LogP contribution is -2.49. The highest BCUT2D eigenvalue weighted by Crippen LogP contribution is 2.23. The number of amides is 1. The summed E-state index contributed by atoms with van der Waals surface area (Å²) in [7, 11) is -3.47. The SMILES string of the molecule is CS(=O)(=O)N1CCCCC1C(=O)Nc1ccc(-n2cccn2)c(F)c1. The standard InChI is InChI=1S/C16H19FN4O3S/c1-25(23,24)21-10-3-2-5-15(21)16(22)19-12-6-7-14(13(17)11-12)20-9-4-8-18-20/h4,6-9,11,15H,2-3,5,10H2,1H3,(H,19,22). The minimum absolute atomic E-state index is 0.262. The molecule has 1 amide bonds. The van der Waals surface area contributed by atoms with Crippen LogP contribution in [0.4, 0.5) is 10.1 Å². The molecule has 1 N–H and O–H groups in total. The minimum Gasteiger partial charge on any atom is -0.325 e. The number of hydrogen-bond acceptors (Lipinski definition) is 4. The van der Waals surface area contributed by atoms with E-state index in [-0.39, 0.29) is 11.4 Å². The number of aromatic nitrogens is 2. The van der Waals surface area contributed by atoms with Gasteiger partial charge in [-0.1, -0.05) is 6.42 Å². The summed E-state index contributed by atoms with van der Waals surface area (Å²) < 4.78 is 40.6. The number of carbonyl (C=O) groups excluding carboxylic acids is 1. The molecule has 0 aliphatic carbocycles. The van der Waals surface area contributed by atoms with Gasteiger partial charge in [-0.15, -0.1) is 0 Å². The van der Waals surface area contributed by atoms with Gasteiger partial charge in [0.15, 0.2) is 5.82 Å². The van der Waals surface area contributed by atoms with Gasteiger partial charge < -0.3 is 5.32 Å². The second-order valence-corrected chi connectivity index (χ2v) is 7.93. The molecule has 1 unspecified atom stereocenters. The molecule has 2 aromatic rings. The molecule has 25 heavy (non-hydrogen) atoms. The molecule has 0 spiro atoms. The highest BCUT2D eigenvalue weighted by atomic mass is 32.2. The minimum atomic E-state index is -3.47. The molecule has 9 heteroatoms. The first-order valence-corrected chi connectivity index (χ1v) is 9.78. The van der Waals surface area contributed by atoms with Gasteiger partial charge in [0.2, 0.25) is 15.9 Å². The molecule has 1 fully saturated rings. The number of piperidine rings is 1. The Bertz CT molecular complexity index is 868. The third-order valence-corrected chi connectivity index (χ3v) is 5.44. The van der Waals surface area contributed by atoms with E-state index < -0.39 is 27.8 Å². The number of nitrogens with one attached hydrogen (secondary N) is 1. The molecule has 1 aliphatic heterocycles. The predicted molar refractivity (Wildman–Crippen MR) is 91.3 cm³/mol. The molecule has 7 nitrogen and oxygen atoms in total. The Morgan fingerprint density at radius 1 is 1.36 bits per heavy atom. The lowest BCUT2D eigenvalue weighted by atomic mass is 10.0. The summed E-state index contributed by atoms with van der Waals surface area (Å²) in [5.41, 5.74) is 0.538. The summed E-state index contributed by atoms with van der Waals surface area (Å²) in [6, 6.07) is 5.18. The third kappa shape index (κ3) is 3.88. The van der Waals surface area contributed by atoms with E-state index >= 15 is 0 Å². The van der Waals surface area contributed by atoms with Crippen molar-refractivity contribution in [3.05, 3.63) is 42.5 Å². The quantitative estimate of drug-likeness (QED) is 0.894. The predicted octanol–water partition coefficient (Wildman–Crippen LogP) is 1.76. The zero-order chi connectivity index (χ0) is 18.0. The van der Waals surface area contributed by atoms with Gasteiger partial charge in [0, 0.05) is 24.6 Å². The summed E-state index contributed by atoms with van der Waals surface area (Å²) in [6.45, 7) is 0.323. The largest absolute Gasteiger partial charge is 0.325 e. The van der Waals surface area contributed by atoms with Crippen molar-refractivity contribution in [2.45, 2.75) is 25.3 Å². The molecule has 0 radical (unpaired) electrons. The lowest BCUT2D eigenvalue weighted by Gasteiger charge is -2.32. The zero-order valence-electron chi connectivity index (χ0n) is 13.7. The summed E-state index contributed by atoms with van der Waals surface area (Å²) in [5.74, 6) is -0.985. The van der Waals surface area contributed by atoms with Crippen molar-refractivity contribution >= 4 is 21.6 Å². The molecule has 134 valence electrons. The van der Waals surface area contributed by atoms with E-state index in [1.165, 1.54) is 27.3 Å². The van der Waals surface area contributed by atoms with Crippen LogP contribution in [0, 0.1) is 5.82 Å². The Balaban J connectivity index is 1.77. The Morgan fingerprint density at radius 2 is 2.16 bits per heavy atom. The number of carbonyl (C=O) groups is 1. The lowest BCUT2D eigenvalue weighted by molar-refractivity contribution is -0.120. The highest BCUT2D eigenvalue weighted by Gasteiger charge is 2.34. The Labute approximate surface area is 145 Å². The monoisotopic (exact) mass is 366 g/mol. The van der Waals surface area contributed by atoms with Gasteiger partial charge in [-0.25, -0.2) is 17.5 Å². The zero-order valence-corrected chi connectivity index (χ0v) is 14.5. The maximum atomic E-state index is 14.3. The van der Waals surface area contributed by atoms with Crippen molar-refractivity contribution in [3.63, 3.8) is 0 Å². The van der Waals surface area contributed by atoms with E-state index in [4.69, 9.17) is 0 Å². The molecule has 1 saturated heterocycles. The number of nitrogens with zero attached hydrogens (tertiary/aromatic N) is 3. The van der Waals surface area contributed by atoms with Gasteiger partial charge in [0.05, 0.1) is 6.26 Å². The normalized spacial score (nSPS) is 18.9. The van der Waals surface area contributed by atoms with Gasteiger partial charge in [-0.3, -0.25) is 4.79 Å². The average Bonchev–Trinajstić information content (AvgIpc) is 3.08. The van der Waals surface area contributed by atoms with Crippen LogP contribution in [0.5, 0.6) is 0 Å². The molecule has 1 aliphatic rings. The van der Waals surface area contributed by atoms with Crippen LogP contribution in [0.25, 0.3) is 5.69 Å². The van der Waals surface area contributed by atoms with Crippen LogP contribution in [-0.4, -0.2) is 47.3 Å². The Kier molecular flexibility index (Phi) is 4.87. The van der Waals surface area contributed by atoms with Crippen molar-refractivity contribution < 1.29 is 17.6 Å². The van der Waals surface area contributed by atoms with Gasteiger partial charge in [0.25, 0.3) is 0 Å². The number of anilines is 1. The van der Waals surface area contributed by atoms with Crippen LogP contribution < -0.4 is 5.32 Å². The van der Waals surface area contributed by atoms with Gasteiger partial charge in [0.1, 0.15) is 11.7 Å². The van der Waals surface area contributed by atoms with Crippen molar-refractivity contribution in [2.75, 3.05) is 18.1 Å². The fourth-order valence-electron chi connectivity index (χ4n) is 2.97. The van der Waals surface area contributed by atoms with Gasteiger partial charge in [-0.05, 0) is 37.1 Å². The first-order valence-electron chi connectivity index (χ1n) is 7.93. The molecule has 1 aromatic carbocycles. The topological polar surface area (TPSA) is 84.3 Å². The molecule has 2 heterocycles. The van der Waals surface area contributed by atoms with Crippen molar-refractivity contribution in [2.24, 2.45) is 0 Å². The smallest absolute Gasteiger partial charge is 0.242 e. The molecule has 0 saturated carbocycles.